The number of piperidine rings is 1. The van der Waals surface area contributed by atoms with E-state index in [-0.39, 0.29) is 24.8 Å². The summed E-state index contributed by atoms with van der Waals surface area (Å²) in [6.07, 6.45) is 0.487. The van der Waals surface area contributed by atoms with E-state index in [9.17, 15) is 18.8 Å². The van der Waals surface area contributed by atoms with Crippen LogP contribution in [0.5, 0.6) is 0 Å². The van der Waals surface area contributed by atoms with Gasteiger partial charge >= 0.3 is 0 Å². The molecule has 0 aromatic heterocycles. The van der Waals surface area contributed by atoms with E-state index in [1.165, 1.54) is 28.2 Å². The molecule has 8 heteroatoms. The first-order valence-corrected chi connectivity index (χ1v) is 11.4. The SMILES string of the molecule is Cc1cccc(CN2CCN(c3cc(F)cc4c3CN(C3CCC(=O)NC3=O)C4=O)CC2)c1. The maximum absolute atomic E-state index is 14.5. The van der Waals surface area contributed by atoms with Crippen molar-refractivity contribution in [1.82, 2.24) is 15.1 Å². The molecule has 1 N–H and O–H groups in total. The third kappa shape index (κ3) is 4.23. The Morgan fingerprint density at radius 1 is 1.06 bits per heavy atom. The molecule has 3 heterocycles. The molecule has 0 spiro atoms. The zero-order valence-electron chi connectivity index (χ0n) is 18.6. The van der Waals surface area contributed by atoms with Crippen molar-refractivity contribution in [2.75, 3.05) is 31.1 Å². The quantitative estimate of drug-likeness (QED) is 0.724. The highest BCUT2D eigenvalue weighted by Gasteiger charge is 2.41. The summed E-state index contributed by atoms with van der Waals surface area (Å²) >= 11 is 0. The molecule has 5 rings (SSSR count). The van der Waals surface area contributed by atoms with E-state index in [1.54, 1.807) is 0 Å². The van der Waals surface area contributed by atoms with Crippen LogP contribution in [0.15, 0.2) is 36.4 Å². The maximum atomic E-state index is 14.5. The van der Waals surface area contributed by atoms with Crippen LogP contribution in [0.4, 0.5) is 10.1 Å². The van der Waals surface area contributed by atoms with Gasteiger partial charge in [0.1, 0.15) is 11.9 Å². The summed E-state index contributed by atoms with van der Waals surface area (Å²) in [6, 6.07) is 10.5. The Bertz CT molecular complexity index is 1130. The van der Waals surface area contributed by atoms with E-state index in [2.05, 4.69) is 46.3 Å². The van der Waals surface area contributed by atoms with Gasteiger partial charge in [-0.1, -0.05) is 29.8 Å². The number of anilines is 1. The van der Waals surface area contributed by atoms with E-state index in [1.807, 2.05) is 0 Å². The Balaban J connectivity index is 1.31. The maximum Gasteiger partial charge on any atom is 0.255 e. The van der Waals surface area contributed by atoms with Gasteiger partial charge in [-0.2, -0.15) is 0 Å². The largest absolute Gasteiger partial charge is 0.369 e. The number of halogens is 1. The first-order chi connectivity index (χ1) is 15.9. The summed E-state index contributed by atoms with van der Waals surface area (Å²) in [7, 11) is 0. The van der Waals surface area contributed by atoms with Gasteiger partial charge in [0.15, 0.2) is 0 Å². The Labute approximate surface area is 192 Å². The number of fused-ring (bicyclic) bond motifs is 1. The second kappa shape index (κ2) is 8.59. The third-order valence-corrected chi connectivity index (χ3v) is 6.80. The Morgan fingerprint density at radius 2 is 1.85 bits per heavy atom. The molecule has 1 unspecified atom stereocenters. The zero-order chi connectivity index (χ0) is 23.1. The molecular weight excluding hydrogens is 423 g/mol. The van der Waals surface area contributed by atoms with E-state index < -0.39 is 17.8 Å². The van der Waals surface area contributed by atoms with Crippen molar-refractivity contribution in [3.05, 3.63) is 64.5 Å². The molecule has 3 amide bonds. The summed E-state index contributed by atoms with van der Waals surface area (Å²) in [5.41, 5.74) is 4.32. The Kier molecular flexibility index (Phi) is 5.62. The van der Waals surface area contributed by atoms with Gasteiger partial charge in [0.05, 0.1) is 0 Å². The highest BCUT2D eigenvalue weighted by molar-refractivity contribution is 6.06. The average molecular weight is 451 g/mol. The van der Waals surface area contributed by atoms with Crippen molar-refractivity contribution in [3.63, 3.8) is 0 Å². The molecule has 2 saturated heterocycles. The van der Waals surface area contributed by atoms with Gasteiger partial charge in [-0.3, -0.25) is 24.6 Å². The van der Waals surface area contributed by atoms with Gasteiger partial charge in [0, 0.05) is 62.5 Å². The molecule has 7 nitrogen and oxygen atoms in total. The number of nitrogens with zero attached hydrogens (tertiary/aromatic N) is 3. The van der Waals surface area contributed by atoms with Crippen LogP contribution >= 0.6 is 0 Å². The highest BCUT2D eigenvalue weighted by Crippen LogP contribution is 2.35. The van der Waals surface area contributed by atoms with Gasteiger partial charge in [-0.25, -0.2) is 4.39 Å². The summed E-state index contributed by atoms with van der Waals surface area (Å²) in [6.45, 7) is 6.35. The lowest BCUT2D eigenvalue weighted by Crippen LogP contribution is -2.52. The first kappa shape index (κ1) is 21.6. The molecule has 0 bridgehead atoms. The molecule has 2 fully saturated rings. The minimum absolute atomic E-state index is 0.195. The van der Waals surface area contributed by atoms with Crippen molar-refractivity contribution < 1.29 is 18.8 Å². The van der Waals surface area contributed by atoms with Crippen LogP contribution in [0.3, 0.4) is 0 Å². The Hall–Kier alpha value is -3.26. The number of carbonyl (C=O) groups excluding carboxylic acids is 3. The van der Waals surface area contributed by atoms with Crippen molar-refractivity contribution >= 4 is 23.4 Å². The number of hydrogen-bond acceptors (Lipinski definition) is 5. The lowest BCUT2D eigenvalue weighted by molar-refractivity contribution is -0.136. The lowest BCUT2D eigenvalue weighted by atomic mass is 10.0. The number of carbonyl (C=O) groups is 3. The fourth-order valence-corrected chi connectivity index (χ4v) is 5.11. The number of nitrogens with one attached hydrogen (secondary N) is 1. The molecule has 1 atom stereocenters. The minimum atomic E-state index is -0.704. The van der Waals surface area contributed by atoms with Gasteiger partial charge in [0.25, 0.3) is 5.91 Å². The lowest BCUT2D eigenvalue weighted by Gasteiger charge is -2.37. The van der Waals surface area contributed by atoms with Crippen molar-refractivity contribution in [2.45, 2.75) is 38.9 Å². The van der Waals surface area contributed by atoms with E-state index >= 15 is 0 Å². The van der Waals surface area contributed by atoms with Crippen molar-refractivity contribution in [3.8, 4) is 0 Å². The predicted octanol–water partition coefficient (Wildman–Crippen LogP) is 2.22. The zero-order valence-corrected chi connectivity index (χ0v) is 18.6. The standard InChI is InChI=1S/C25H27FN4O3/c1-16-3-2-4-17(11-16)14-28-7-9-29(10-8-28)22-13-18(26)12-19-20(22)15-30(25(19)33)21-5-6-23(31)27-24(21)32/h2-4,11-13,21H,5-10,14-15H2,1H3,(H,27,31,32). The number of hydrogen-bond donors (Lipinski definition) is 1. The van der Waals surface area contributed by atoms with Gasteiger partial charge in [-0.05, 0) is 31.0 Å². The molecule has 172 valence electrons. The number of aryl methyl sites for hydroxylation is 1. The van der Waals surface area contributed by atoms with Crippen LogP contribution in [-0.2, 0) is 22.7 Å². The van der Waals surface area contributed by atoms with E-state index in [4.69, 9.17) is 0 Å². The van der Waals surface area contributed by atoms with Crippen LogP contribution in [0.25, 0.3) is 0 Å². The second-order valence-electron chi connectivity index (χ2n) is 9.10. The van der Waals surface area contributed by atoms with Crippen LogP contribution in [0, 0.1) is 12.7 Å². The van der Waals surface area contributed by atoms with Crippen molar-refractivity contribution in [2.24, 2.45) is 0 Å². The molecular formula is C25H27FN4O3. The van der Waals surface area contributed by atoms with Gasteiger partial charge in [0.2, 0.25) is 11.8 Å². The Morgan fingerprint density at radius 3 is 2.58 bits per heavy atom. The molecule has 2 aromatic rings. The van der Waals surface area contributed by atoms with Crippen LogP contribution < -0.4 is 10.2 Å². The average Bonchev–Trinajstić information content (AvgIpc) is 3.10. The monoisotopic (exact) mass is 450 g/mol. The van der Waals surface area contributed by atoms with Crippen LogP contribution in [0.2, 0.25) is 0 Å². The molecule has 3 aliphatic heterocycles. The number of amides is 3. The molecule has 0 saturated carbocycles. The smallest absolute Gasteiger partial charge is 0.255 e. The van der Waals surface area contributed by atoms with E-state index in [0.29, 0.717) is 12.0 Å². The fourth-order valence-electron chi connectivity index (χ4n) is 5.11. The molecule has 33 heavy (non-hydrogen) atoms. The number of piperazine rings is 1. The number of imide groups is 1. The van der Waals surface area contributed by atoms with E-state index in [0.717, 1.165) is 44.0 Å². The summed E-state index contributed by atoms with van der Waals surface area (Å²) in [5.74, 6) is -1.59. The summed E-state index contributed by atoms with van der Waals surface area (Å²) in [5, 5.41) is 2.31. The summed E-state index contributed by atoms with van der Waals surface area (Å²) < 4.78 is 14.5. The minimum Gasteiger partial charge on any atom is -0.369 e. The molecule has 0 aliphatic carbocycles. The van der Waals surface area contributed by atoms with Crippen LogP contribution in [-0.4, -0.2) is 59.7 Å². The normalized spacial score (nSPS) is 21.4. The first-order valence-electron chi connectivity index (χ1n) is 11.4. The van der Waals surface area contributed by atoms with Gasteiger partial charge in [-0.15, -0.1) is 0 Å². The van der Waals surface area contributed by atoms with Gasteiger partial charge < -0.3 is 9.80 Å². The van der Waals surface area contributed by atoms with Crippen LogP contribution in [0.1, 0.15) is 39.9 Å². The highest BCUT2D eigenvalue weighted by atomic mass is 19.1. The molecule has 0 radical (unpaired) electrons. The number of benzene rings is 2. The predicted molar refractivity (Wildman–Crippen MR) is 121 cm³/mol. The summed E-state index contributed by atoms with van der Waals surface area (Å²) in [4.78, 5) is 42.9. The third-order valence-electron chi connectivity index (χ3n) is 6.80. The number of rotatable bonds is 4. The topological polar surface area (TPSA) is 73.0 Å². The van der Waals surface area contributed by atoms with Crippen molar-refractivity contribution in [1.29, 1.82) is 0 Å². The molecule has 3 aliphatic rings. The second-order valence-corrected chi connectivity index (χ2v) is 9.10. The molecule has 2 aromatic carbocycles. The fraction of sp³-hybridized carbons (Fsp3) is 0.400.